The van der Waals surface area contributed by atoms with E-state index in [1.807, 2.05) is 0 Å². The molecule has 2 atom stereocenters. The van der Waals surface area contributed by atoms with Gasteiger partial charge in [0.2, 0.25) is 0 Å². The summed E-state index contributed by atoms with van der Waals surface area (Å²) in [6, 6.07) is 1.85. The Bertz CT molecular complexity index is 456. The van der Waals surface area contributed by atoms with Crippen molar-refractivity contribution in [3.8, 4) is 0 Å². The van der Waals surface area contributed by atoms with E-state index < -0.39 is 0 Å². The van der Waals surface area contributed by atoms with Crippen LogP contribution in [0.15, 0.2) is 11.4 Å². The number of nitrogens with one attached hydrogen (secondary N) is 2. The number of Topliss-reactive ketones (excluding diaryl/α,β-unsaturated/α-hetero) is 1. The van der Waals surface area contributed by atoms with Crippen molar-refractivity contribution in [1.82, 2.24) is 10.6 Å². The Morgan fingerprint density at radius 1 is 1.50 bits per heavy atom. The van der Waals surface area contributed by atoms with Gasteiger partial charge >= 0.3 is 0 Å². The SMILES string of the molecule is CC(=O)c1csc(C(=O)NC2CNCCC2C)c1. The van der Waals surface area contributed by atoms with E-state index in [2.05, 4.69) is 17.6 Å². The molecule has 1 aliphatic heterocycles. The van der Waals surface area contributed by atoms with Crippen molar-refractivity contribution in [2.24, 2.45) is 5.92 Å². The Labute approximate surface area is 111 Å². The molecule has 0 radical (unpaired) electrons. The smallest absolute Gasteiger partial charge is 0.261 e. The van der Waals surface area contributed by atoms with Gasteiger partial charge in [0.25, 0.3) is 5.91 Å². The summed E-state index contributed by atoms with van der Waals surface area (Å²) >= 11 is 1.32. The molecular formula is C13H18N2O2S. The van der Waals surface area contributed by atoms with E-state index in [-0.39, 0.29) is 17.7 Å². The van der Waals surface area contributed by atoms with Gasteiger partial charge in [0.15, 0.2) is 5.78 Å². The van der Waals surface area contributed by atoms with Crippen LogP contribution in [-0.2, 0) is 0 Å². The largest absolute Gasteiger partial charge is 0.347 e. The van der Waals surface area contributed by atoms with E-state index in [9.17, 15) is 9.59 Å². The highest BCUT2D eigenvalue weighted by atomic mass is 32.1. The molecule has 5 heteroatoms. The maximum Gasteiger partial charge on any atom is 0.261 e. The fourth-order valence-corrected chi connectivity index (χ4v) is 2.91. The summed E-state index contributed by atoms with van der Waals surface area (Å²) in [5.41, 5.74) is 0.611. The van der Waals surface area contributed by atoms with Crippen LogP contribution in [0.25, 0.3) is 0 Å². The number of piperidine rings is 1. The van der Waals surface area contributed by atoms with E-state index in [1.165, 1.54) is 18.3 Å². The van der Waals surface area contributed by atoms with Crippen LogP contribution in [0, 0.1) is 5.92 Å². The second-order valence-electron chi connectivity index (χ2n) is 4.81. The standard InChI is InChI=1S/C13H18N2O2S/c1-8-3-4-14-6-11(8)15-13(17)12-5-10(7-18-12)9(2)16/h5,7-8,11,14H,3-4,6H2,1-2H3,(H,15,17). The first-order valence-corrected chi connectivity index (χ1v) is 7.07. The molecule has 2 heterocycles. The number of amides is 1. The summed E-state index contributed by atoms with van der Waals surface area (Å²) in [6.45, 7) is 5.50. The molecule has 1 aliphatic rings. The zero-order valence-electron chi connectivity index (χ0n) is 10.7. The number of thiophene rings is 1. The Kier molecular flexibility index (Phi) is 4.14. The van der Waals surface area contributed by atoms with Crippen LogP contribution in [-0.4, -0.2) is 30.8 Å². The van der Waals surface area contributed by atoms with Crippen molar-refractivity contribution in [2.45, 2.75) is 26.3 Å². The van der Waals surface area contributed by atoms with Crippen LogP contribution in [0.5, 0.6) is 0 Å². The van der Waals surface area contributed by atoms with Gasteiger partial charge in [-0.05, 0) is 31.9 Å². The number of ketones is 1. The summed E-state index contributed by atoms with van der Waals surface area (Å²) < 4.78 is 0. The average molecular weight is 266 g/mol. The highest BCUT2D eigenvalue weighted by Crippen LogP contribution is 2.17. The quantitative estimate of drug-likeness (QED) is 0.818. The van der Waals surface area contributed by atoms with Crippen LogP contribution in [0.3, 0.4) is 0 Å². The first-order chi connectivity index (χ1) is 8.58. The van der Waals surface area contributed by atoms with Gasteiger partial charge in [-0.25, -0.2) is 0 Å². The molecule has 18 heavy (non-hydrogen) atoms. The highest BCUT2D eigenvalue weighted by Gasteiger charge is 2.23. The summed E-state index contributed by atoms with van der Waals surface area (Å²) in [5, 5.41) is 8.05. The molecular weight excluding hydrogens is 248 g/mol. The second kappa shape index (κ2) is 5.63. The molecule has 2 rings (SSSR count). The van der Waals surface area contributed by atoms with E-state index >= 15 is 0 Å². The minimum absolute atomic E-state index is 0.00185. The third-order valence-corrected chi connectivity index (χ3v) is 4.30. The zero-order valence-corrected chi connectivity index (χ0v) is 11.5. The van der Waals surface area contributed by atoms with Crippen LogP contribution < -0.4 is 10.6 Å². The molecule has 0 bridgehead atoms. The molecule has 1 fully saturated rings. The van der Waals surface area contributed by atoms with E-state index in [1.54, 1.807) is 11.4 Å². The van der Waals surface area contributed by atoms with Gasteiger partial charge in [0.1, 0.15) is 0 Å². The monoisotopic (exact) mass is 266 g/mol. The van der Waals surface area contributed by atoms with E-state index in [0.717, 1.165) is 19.5 Å². The van der Waals surface area contributed by atoms with Crippen LogP contribution in [0.1, 0.15) is 40.3 Å². The fraction of sp³-hybridized carbons (Fsp3) is 0.538. The lowest BCUT2D eigenvalue weighted by molar-refractivity contribution is 0.0919. The van der Waals surface area contributed by atoms with Gasteiger partial charge in [-0.3, -0.25) is 9.59 Å². The third kappa shape index (κ3) is 2.97. The summed E-state index contributed by atoms with van der Waals surface area (Å²) in [4.78, 5) is 23.9. The van der Waals surface area contributed by atoms with E-state index in [4.69, 9.17) is 0 Å². The molecule has 1 saturated heterocycles. The molecule has 0 aromatic carbocycles. The minimum atomic E-state index is -0.0759. The minimum Gasteiger partial charge on any atom is -0.347 e. The molecule has 0 spiro atoms. The van der Waals surface area contributed by atoms with Gasteiger partial charge in [-0.1, -0.05) is 6.92 Å². The van der Waals surface area contributed by atoms with Gasteiger partial charge in [0.05, 0.1) is 4.88 Å². The van der Waals surface area contributed by atoms with Crippen molar-refractivity contribution in [1.29, 1.82) is 0 Å². The molecule has 1 aromatic rings. The average Bonchev–Trinajstić information content (AvgIpc) is 2.81. The molecule has 0 saturated carbocycles. The lowest BCUT2D eigenvalue weighted by Gasteiger charge is -2.30. The Morgan fingerprint density at radius 3 is 2.89 bits per heavy atom. The van der Waals surface area contributed by atoms with Gasteiger partial charge in [0, 0.05) is 23.5 Å². The first-order valence-electron chi connectivity index (χ1n) is 6.19. The molecule has 98 valence electrons. The molecule has 4 nitrogen and oxygen atoms in total. The highest BCUT2D eigenvalue weighted by molar-refractivity contribution is 7.12. The maximum atomic E-state index is 12.1. The molecule has 2 N–H and O–H groups in total. The number of hydrogen-bond acceptors (Lipinski definition) is 4. The maximum absolute atomic E-state index is 12.1. The van der Waals surface area contributed by atoms with Crippen molar-refractivity contribution >= 4 is 23.0 Å². The topological polar surface area (TPSA) is 58.2 Å². The Hall–Kier alpha value is -1.20. The normalized spacial score (nSPS) is 23.7. The number of carbonyl (C=O) groups excluding carboxylic acids is 2. The van der Waals surface area contributed by atoms with Crippen molar-refractivity contribution in [2.75, 3.05) is 13.1 Å². The molecule has 1 amide bonds. The van der Waals surface area contributed by atoms with Crippen molar-refractivity contribution in [3.05, 3.63) is 21.9 Å². The number of hydrogen-bond donors (Lipinski definition) is 2. The van der Waals surface area contributed by atoms with E-state index in [0.29, 0.717) is 16.4 Å². The van der Waals surface area contributed by atoms with Crippen molar-refractivity contribution < 1.29 is 9.59 Å². The van der Waals surface area contributed by atoms with Crippen molar-refractivity contribution in [3.63, 3.8) is 0 Å². The second-order valence-corrected chi connectivity index (χ2v) is 5.72. The number of rotatable bonds is 3. The Morgan fingerprint density at radius 2 is 2.28 bits per heavy atom. The molecule has 0 aliphatic carbocycles. The summed E-state index contributed by atoms with van der Waals surface area (Å²) in [5.74, 6) is 0.411. The lowest BCUT2D eigenvalue weighted by Crippen LogP contribution is -2.50. The lowest BCUT2D eigenvalue weighted by atomic mass is 9.95. The zero-order chi connectivity index (χ0) is 13.1. The summed E-state index contributed by atoms with van der Waals surface area (Å²) in [7, 11) is 0. The predicted octanol–water partition coefficient (Wildman–Crippen LogP) is 1.68. The van der Waals surface area contributed by atoms with Gasteiger partial charge < -0.3 is 10.6 Å². The van der Waals surface area contributed by atoms with Gasteiger partial charge in [-0.15, -0.1) is 11.3 Å². The van der Waals surface area contributed by atoms with Crippen LogP contribution in [0.4, 0.5) is 0 Å². The first kappa shape index (κ1) is 13.2. The predicted molar refractivity (Wildman–Crippen MR) is 72.2 cm³/mol. The molecule has 2 unspecified atom stereocenters. The van der Waals surface area contributed by atoms with Crippen LogP contribution in [0.2, 0.25) is 0 Å². The number of carbonyl (C=O) groups is 2. The fourth-order valence-electron chi connectivity index (χ4n) is 2.06. The summed E-state index contributed by atoms with van der Waals surface area (Å²) in [6.07, 6.45) is 1.08. The Balaban J connectivity index is 2.00. The van der Waals surface area contributed by atoms with Crippen LogP contribution >= 0.6 is 11.3 Å². The van der Waals surface area contributed by atoms with Gasteiger partial charge in [-0.2, -0.15) is 0 Å². The third-order valence-electron chi connectivity index (χ3n) is 3.37. The molecule has 1 aromatic heterocycles.